The monoisotopic (exact) mass is 231 g/mol. The van der Waals surface area contributed by atoms with Crippen LogP contribution in [-0.2, 0) is 5.60 Å². The summed E-state index contributed by atoms with van der Waals surface area (Å²) in [5, 5.41) is 11.5. The van der Waals surface area contributed by atoms with E-state index in [2.05, 4.69) is 49.6 Å². The third-order valence-electron chi connectivity index (χ3n) is 3.24. The van der Waals surface area contributed by atoms with Gasteiger partial charge in [0.15, 0.2) is 0 Å². The molecule has 0 fully saturated rings. The van der Waals surface area contributed by atoms with Crippen LogP contribution in [0.2, 0.25) is 0 Å². The van der Waals surface area contributed by atoms with Crippen molar-refractivity contribution in [3.63, 3.8) is 0 Å². The van der Waals surface area contributed by atoms with E-state index in [-0.39, 0.29) is 0 Å². The summed E-state index contributed by atoms with van der Waals surface area (Å²) in [5.41, 5.74) is 2.64. The number of aryl methyl sites for hydroxylation is 1. The lowest BCUT2D eigenvalue weighted by molar-refractivity contribution is 0.0691. The molecule has 2 nitrogen and oxygen atoms in total. The highest BCUT2D eigenvalue weighted by Crippen LogP contribution is 2.32. The van der Waals surface area contributed by atoms with Crippen LogP contribution in [0.1, 0.15) is 45.0 Å². The van der Waals surface area contributed by atoms with Crippen molar-refractivity contribution in [3.05, 3.63) is 35.5 Å². The maximum absolute atomic E-state index is 10.3. The largest absolute Gasteiger partial charge is 0.384 e. The first kappa shape index (κ1) is 12.2. The highest BCUT2D eigenvalue weighted by atomic mass is 16.3. The third kappa shape index (κ3) is 1.98. The van der Waals surface area contributed by atoms with Gasteiger partial charge in [-0.25, -0.2) is 0 Å². The molecule has 0 spiro atoms. The minimum absolute atomic E-state index is 0.343. The highest BCUT2D eigenvalue weighted by molar-refractivity contribution is 5.85. The number of nitrogens with zero attached hydrogens (tertiary/aromatic N) is 1. The number of hydrogen-bond acceptors (Lipinski definition) is 1. The Hall–Kier alpha value is -1.28. The van der Waals surface area contributed by atoms with Gasteiger partial charge in [-0.1, -0.05) is 12.1 Å². The van der Waals surface area contributed by atoms with E-state index in [1.165, 1.54) is 16.5 Å². The third-order valence-corrected chi connectivity index (χ3v) is 3.24. The fraction of sp³-hybridized carbons (Fsp3) is 0.467. The SMILES string of the molecule is Cc1cccc2c1cc(C(C)(C)O)n2C(C)C. The number of hydrogen-bond donors (Lipinski definition) is 1. The van der Waals surface area contributed by atoms with Crippen LogP contribution in [0, 0.1) is 6.92 Å². The molecule has 0 amide bonds. The molecule has 2 aromatic rings. The molecular weight excluding hydrogens is 210 g/mol. The van der Waals surface area contributed by atoms with Crippen LogP contribution in [0.4, 0.5) is 0 Å². The molecule has 0 saturated heterocycles. The lowest BCUT2D eigenvalue weighted by Gasteiger charge is -2.23. The fourth-order valence-corrected chi connectivity index (χ4v) is 2.43. The van der Waals surface area contributed by atoms with Crippen LogP contribution in [0.3, 0.4) is 0 Å². The molecule has 0 aliphatic heterocycles. The molecule has 17 heavy (non-hydrogen) atoms. The van der Waals surface area contributed by atoms with E-state index < -0.39 is 5.60 Å². The van der Waals surface area contributed by atoms with Crippen molar-refractivity contribution in [1.82, 2.24) is 4.57 Å². The Morgan fingerprint density at radius 3 is 2.41 bits per heavy atom. The Morgan fingerprint density at radius 2 is 1.88 bits per heavy atom. The number of rotatable bonds is 2. The second-order valence-electron chi connectivity index (χ2n) is 5.56. The van der Waals surface area contributed by atoms with Gasteiger partial charge in [0.2, 0.25) is 0 Å². The molecular formula is C15H21NO. The van der Waals surface area contributed by atoms with Gasteiger partial charge in [-0.2, -0.15) is 0 Å². The summed E-state index contributed by atoms with van der Waals surface area (Å²) in [6.07, 6.45) is 0. The minimum atomic E-state index is -0.810. The Bertz CT molecular complexity index is 544. The Kier molecular flexibility index (Phi) is 2.78. The molecule has 92 valence electrons. The first-order chi connectivity index (χ1) is 7.82. The molecule has 0 aliphatic rings. The Labute approximate surface area is 103 Å². The van der Waals surface area contributed by atoms with Crippen molar-refractivity contribution in [2.45, 2.75) is 46.3 Å². The molecule has 0 saturated carbocycles. The first-order valence-corrected chi connectivity index (χ1v) is 6.16. The van der Waals surface area contributed by atoms with Crippen LogP contribution in [0.25, 0.3) is 10.9 Å². The van der Waals surface area contributed by atoms with E-state index in [9.17, 15) is 5.11 Å². The summed E-state index contributed by atoms with van der Waals surface area (Å²) in [4.78, 5) is 0. The van der Waals surface area contributed by atoms with Crippen molar-refractivity contribution in [2.75, 3.05) is 0 Å². The van der Waals surface area contributed by atoms with Gasteiger partial charge >= 0.3 is 0 Å². The molecule has 1 aromatic carbocycles. The molecule has 0 bridgehead atoms. The molecule has 0 atom stereocenters. The zero-order chi connectivity index (χ0) is 12.8. The van der Waals surface area contributed by atoms with Crippen molar-refractivity contribution in [3.8, 4) is 0 Å². The lowest BCUT2D eigenvalue weighted by atomic mass is 10.0. The van der Waals surface area contributed by atoms with Crippen LogP contribution < -0.4 is 0 Å². The highest BCUT2D eigenvalue weighted by Gasteiger charge is 2.24. The number of aromatic nitrogens is 1. The van der Waals surface area contributed by atoms with Crippen LogP contribution >= 0.6 is 0 Å². The second-order valence-corrected chi connectivity index (χ2v) is 5.56. The average molecular weight is 231 g/mol. The fourth-order valence-electron chi connectivity index (χ4n) is 2.43. The lowest BCUT2D eigenvalue weighted by Crippen LogP contribution is -2.21. The summed E-state index contributed by atoms with van der Waals surface area (Å²) in [6, 6.07) is 8.77. The number of benzene rings is 1. The van der Waals surface area contributed by atoms with Crippen molar-refractivity contribution >= 4 is 10.9 Å². The average Bonchev–Trinajstić information content (AvgIpc) is 2.57. The maximum Gasteiger partial charge on any atom is 0.0989 e. The van der Waals surface area contributed by atoms with Crippen LogP contribution in [0.5, 0.6) is 0 Å². The van der Waals surface area contributed by atoms with Gasteiger partial charge in [-0.15, -0.1) is 0 Å². The zero-order valence-electron chi connectivity index (χ0n) is 11.3. The van der Waals surface area contributed by atoms with Gasteiger partial charge in [0, 0.05) is 16.9 Å². The number of aliphatic hydroxyl groups is 1. The summed E-state index contributed by atoms with van der Waals surface area (Å²) in [6.45, 7) is 10.1. The second kappa shape index (κ2) is 3.88. The van der Waals surface area contributed by atoms with Gasteiger partial charge in [0.25, 0.3) is 0 Å². The molecule has 1 heterocycles. The maximum atomic E-state index is 10.3. The molecule has 2 heteroatoms. The topological polar surface area (TPSA) is 25.2 Å². The molecule has 0 unspecified atom stereocenters. The minimum Gasteiger partial charge on any atom is -0.384 e. The van der Waals surface area contributed by atoms with Gasteiger partial charge in [-0.05, 0) is 52.3 Å². The van der Waals surface area contributed by atoms with E-state index in [1.807, 2.05) is 13.8 Å². The molecule has 0 aliphatic carbocycles. The summed E-state index contributed by atoms with van der Waals surface area (Å²) in [5.74, 6) is 0. The smallest absolute Gasteiger partial charge is 0.0989 e. The van der Waals surface area contributed by atoms with E-state index >= 15 is 0 Å². The van der Waals surface area contributed by atoms with Gasteiger partial charge in [-0.3, -0.25) is 0 Å². The Balaban J connectivity index is 2.85. The molecule has 2 rings (SSSR count). The summed E-state index contributed by atoms with van der Waals surface area (Å²) in [7, 11) is 0. The van der Waals surface area contributed by atoms with Gasteiger partial charge in [0.1, 0.15) is 0 Å². The number of fused-ring (bicyclic) bond motifs is 1. The molecule has 1 aromatic heterocycles. The summed E-state index contributed by atoms with van der Waals surface area (Å²) < 4.78 is 2.22. The summed E-state index contributed by atoms with van der Waals surface area (Å²) >= 11 is 0. The van der Waals surface area contributed by atoms with Crippen LogP contribution in [-0.4, -0.2) is 9.67 Å². The van der Waals surface area contributed by atoms with Crippen molar-refractivity contribution < 1.29 is 5.11 Å². The van der Waals surface area contributed by atoms with E-state index in [0.717, 1.165) is 5.69 Å². The van der Waals surface area contributed by atoms with Gasteiger partial charge in [0.05, 0.1) is 11.3 Å². The van der Waals surface area contributed by atoms with Crippen LogP contribution in [0.15, 0.2) is 24.3 Å². The van der Waals surface area contributed by atoms with E-state index in [1.54, 1.807) is 0 Å². The normalized spacial score (nSPS) is 12.6. The molecule has 1 N–H and O–H groups in total. The first-order valence-electron chi connectivity index (χ1n) is 6.16. The zero-order valence-corrected chi connectivity index (χ0v) is 11.3. The Morgan fingerprint density at radius 1 is 1.24 bits per heavy atom. The predicted octanol–water partition coefficient (Wildman–Crippen LogP) is 3.76. The standard InChI is InChI=1S/C15H21NO/c1-10(2)16-13-8-6-7-11(3)12(13)9-14(16)15(4,5)17/h6-10,17H,1-5H3. The van der Waals surface area contributed by atoms with Crippen molar-refractivity contribution in [2.24, 2.45) is 0 Å². The predicted molar refractivity (Wildman–Crippen MR) is 72.3 cm³/mol. The van der Waals surface area contributed by atoms with Crippen molar-refractivity contribution in [1.29, 1.82) is 0 Å². The van der Waals surface area contributed by atoms with E-state index in [4.69, 9.17) is 0 Å². The molecule has 0 radical (unpaired) electrons. The quantitative estimate of drug-likeness (QED) is 0.836. The van der Waals surface area contributed by atoms with E-state index in [0.29, 0.717) is 6.04 Å². The van der Waals surface area contributed by atoms with Gasteiger partial charge < -0.3 is 9.67 Å².